The molecule has 2 rings (SSSR count). The van der Waals surface area contributed by atoms with E-state index in [1.54, 1.807) is 11.9 Å². The predicted octanol–water partition coefficient (Wildman–Crippen LogP) is 3.23. The second-order valence-electron chi connectivity index (χ2n) is 5.54. The van der Waals surface area contributed by atoms with Gasteiger partial charge in [0.15, 0.2) is 0 Å². The van der Waals surface area contributed by atoms with Crippen LogP contribution in [0.2, 0.25) is 0 Å². The molecule has 0 N–H and O–H groups in total. The number of hydrogen-bond acceptors (Lipinski definition) is 2. The summed E-state index contributed by atoms with van der Waals surface area (Å²) in [5.41, 5.74) is 1.51. The number of carbonyl (C=O) groups is 1. The summed E-state index contributed by atoms with van der Waals surface area (Å²) in [7, 11) is 1.77. The van der Waals surface area contributed by atoms with E-state index in [0.29, 0.717) is 5.70 Å². The van der Waals surface area contributed by atoms with Gasteiger partial charge in [0.1, 0.15) is 11.5 Å². The normalized spacial score (nSPS) is 18.1. The Morgan fingerprint density at radius 1 is 1.26 bits per heavy atom. The van der Waals surface area contributed by atoms with Gasteiger partial charge in [0.25, 0.3) is 5.91 Å². The van der Waals surface area contributed by atoms with E-state index in [0.717, 1.165) is 17.8 Å². The third kappa shape index (κ3) is 2.75. The summed E-state index contributed by atoms with van der Waals surface area (Å²) in [4.78, 5) is 18.4. The van der Waals surface area contributed by atoms with E-state index in [1.165, 1.54) is 0 Å². The van der Waals surface area contributed by atoms with Crippen LogP contribution in [0.4, 0.5) is 0 Å². The number of rotatable bonds is 3. The maximum Gasteiger partial charge on any atom is 0.277 e. The van der Waals surface area contributed by atoms with E-state index in [-0.39, 0.29) is 11.3 Å². The largest absolute Gasteiger partial charge is 0.294 e. The summed E-state index contributed by atoms with van der Waals surface area (Å²) in [6.07, 6.45) is 2.95. The smallest absolute Gasteiger partial charge is 0.277 e. The summed E-state index contributed by atoms with van der Waals surface area (Å²) in [5.74, 6) is 0.698. The van der Waals surface area contributed by atoms with Gasteiger partial charge in [-0.1, -0.05) is 51.1 Å². The van der Waals surface area contributed by atoms with Crippen molar-refractivity contribution in [3.05, 3.63) is 47.7 Å². The van der Waals surface area contributed by atoms with Gasteiger partial charge in [-0.05, 0) is 17.9 Å². The molecule has 0 saturated heterocycles. The maximum atomic E-state index is 12.2. The molecular formula is C16H20N2O. The van der Waals surface area contributed by atoms with Crippen LogP contribution < -0.4 is 0 Å². The quantitative estimate of drug-likeness (QED) is 0.764. The van der Waals surface area contributed by atoms with Gasteiger partial charge in [-0.25, -0.2) is 4.99 Å². The first-order chi connectivity index (χ1) is 8.94. The van der Waals surface area contributed by atoms with Crippen molar-refractivity contribution in [1.82, 2.24) is 4.90 Å². The zero-order valence-electron chi connectivity index (χ0n) is 12.0. The highest BCUT2D eigenvalue weighted by atomic mass is 16.2. The summed E-state index contributed by atoms with van der Waals surface area (Å²) < 4.78 is 0. The molecule has 1 aliphatic heterocycles. The molecule has 0 spiro atoms. The first-order valence-electron chi connectivity index (χ1n) is 6.59. The lowest BCUT2D eigenvalue weighted by Crippen LogP contribution is -2.28. The number of nitrogens with zero attached hydrogens (tertiary/aromatic N) is 2. The number of amidine groups is 1. The lowest BCUT2D eigenvalue weighted by Gasteiger charge is -2.17. The van der Waals surface area contributed by atoms with Crippen LogP contribution in [-0.4, -0.2) is 23.7 Å². The fraction of sp³-hybridized carbons (Fsp3) is 0.375. The Bertz CT molecular complexity index is 541. The fourth-order valence-electron chi connectivity index (χ4n) is 1.92. The average Bonchev–Trinajstić information content (AvgIpc) is 2.68. The SMILES string of the molecule is CCC(C)(C)/C=C1\N=C(c2ccccc2)N(C)C1=O. The van der Waals surface area contributed by atoms with E-state index < -0.39 is 0 Å². The molecule has 0 aromatic heterocycles. The van der Waals surface area contributed by atoms with Crippen LogP contribution in [0.25, 0.3) is 0 Å². The minimum absolute atomic E-state index is 0.0124. The fourth-order valence-corrected chi connectivity index (χ4v) is 1.92. The van der Waals surface area contributed by atoms with Crippen molar-refractivity contribution in [3.8, 4) is 0 Å². The van der Waals surface area contributed by atoms with Crippen LogP contribution in [0.15, 0.2) is 47.1 Å². The molecule has 0 bridgehead atoms. The molecule has 1 heterocycles. The third-order valence-electron chi connectivity index (χ3n) is 3.54. The van der Waals surface area contributed by atoms with Gasteiger partial charge in [-0.2, -0.15) is 0 Å². The molecule has 3 nitrogen and oxygen atoms in total. The van der Waals surface area contributed by atoms with Gasteiger partial charge in [0, 0.05) is 12.6 Å². The number of allylic oxidation sites excluding steroid dienone is 1. The zero-order valence-corrected chi connectivity index (χ0v) is 12.0. The highest BCUT2D eigenvalue weighted by molar-refractivity contribution is 6.18. The maximum absolute atomic E-state index is 12.2. The number of hydrogen-bond donors (Lipinski definition) is 0. The molecule has 0 fully saturated rings. The van der Waals surface area contributed by atoms with Crippen LogP contribution in [0.1, 0.15) is 32.8 Å². The Hall–Kier alpha value is -1.90. The topological polar surface area (TPSA) is 32.7 Å². The molecule has 1 aliphatic rings. The highest BCUT2D eigenvalue weighted by Gasteiger charge is 2.29. The standard InChI is InChI=1S/C16H20N2O/c1-5-16(2,3)11-13-15(19)18(4)14(17-13)12-9-7-6-8-10-12/h6-11H,5H2,1-4H3/b13-11-. The number of amides is 1. The number of aliphatic imine (C=N–C) groups is 1. The summed E-state index contributed by atoms with van der Waals surface area (Å²) >= 11 is 0. The first kappa shape index (κ1) is 13.5. The third-order valence-corrected chi connectivity index (χ3v) is 3.54. The Morgan fingerprint density at radius 2 is 1.89 bits per heavy atom. The molecule has 1 aromatic carbocycles. The van der Waals surface area contributed by atoms with Crippen LogP contribution in [0.5, 0.6) is 0 Å². The van der Waals surface area contributed by atoms with Crippen molar-refractivity contribution in [3.63, 3.8) is 0 Å². The molecule has 1 aromatic rings. The van der Waals surface area contributed by atoms with Crippen LogP contribution in [-0.2, 0) is 4.79 Å². The second-order valence-corrected chi connectivity index (χ2v) is 5.54. The van der Waals surface area contributed by atoms with Gasteiger partial charge in [0.05, 0.1) is 0 Å². The Kier molecular flexibility index (Phi) is 3.56. The zero-order chi connectivity index (χ0) is 14.0. The molecule has 3 heteroatoms. The van der Waals surface area contributed by atoms with Crippen molar-refractivity contribution >= 4 is 11.7 Å². The Balaban J connectivity index is 2.40. The summed E-state index contributed by atoms with van der Waals surface area (Å²) in [5, 5.41) is 0. The minimum atomic E-state index is -0.0274. The lowest BCUT2D eigenvalue weighted by molar-refractivity contribution is -0.121. The van der Waals surface area contributed by atoms with E-state index in [2.05, 4.69) is 25.8 Å². The van der Waals surface area contributed by atoms with Crippen LogP contribution in [0.3, 0.4) is 0 Å². The van der Waals surface area contributed by atoms with Crippen molar-refractivity contribution in [2.24, 2.45) is 10.4 Å². The number of benzene rings is 1. The van der Waals surface area contributed by atoms with E-state index >= 15 is 0 Å². The first-order valence-corrected chi connectivity index (χ1v) is 6.59. The van der Waals surface area contributed by atoms with Crippen LogP contribution in [0, 0.1) is 5.41 Å². The second kappa shape index (κ2) is 5.00. The molecular weight excluding hydrogens is 236 g/mol. The van der Waals surface area contributed by atoms with Crippen molar-refractivity contribution in [2.45, 2.75) is 27.2 Å². The van der Waals surface area contributed by atoms with E-state index in [1.807, 2.05) is 36.4 Å². The van der Waals surface area contributed by atoms with Crippen molar-refractivity contribution in [2.75, 3.05) is 7.05 Å². The Morgan fingerprint density at radius 3 is 2.47 bits per heavy atom. The molecule has 0 atom stereocenters. The molecule has 19 heavy (non-hydrogen) atoms. The van der Waals surface area contributed by atoms with Gasteiger partial charge in [-0.3, -0.25) is 9.69 Å². The Labute approximate surface area is 114 Å². The summed E-state index contributed by atoms with van der Waals surface area (Å²) in [6, 6.07) is 9.80. The molecule has 0 saturated carbocycles. The van der Waals surface area contributed by atoms with Crippen LogP contribution >= 0.6 is 0 Å². The molecule has 0 aliphatic carbocycles. The van der Waals surface area contributed by atoms with Gasteiger partial charge >= 0.3 is 0 Å². The van der Waals surface area contributed by atoms with Gasteiger partial charge in [0.2, 0.25) is 0 Å². The van der Waals surface area contributed by atoms with Gasteiger partial charge in [-0.15, -0.1) is 0 Å². The van der Waals surface area contributed by atoms with Crippen molar-refractivity contribution < 1.29 is 4.79 Å². The predicted molar refractivity (Wildman–Crippen MR) is 77.9 cm³/mol. The molecule has 0 unspecified atom stereocenters. The van der Waals surface area contributed by atoms with Crippen molar-refractivity contribution in [1.29, 1.82) is 0 Å². The number of carbonyl (C=O) groups excluding carboxylic acids is 1. The number of likely N-dealkylation sites (N-methyl/N-ethyl adjacent to an activating group) is 1. The van der Waals surface area contributed by atoms with E-state index in [9.17, 15) is 4.79 Å². The average molecular weight is 256 g/mol. The summed E-state index contributed by atoms with van der Waals surface area (Å²) in [6.45, 7) is 6.34. The van der Waals surface area contributed by atoms with E-state index in [4.69, 9.17) is 0 Å². The molecule has 1 amide bonds. The lowest BCUT2D eigenvalue weighted by atomic mass is 9.89. The molecule has 100 valence electrons. The monoisotopic (exact) mass is 256 g/mol. The van der Waals surface area contributed by atoms with Gasteiger partial charge < -0.3 is 0 Å². The molecule has 0 radical (unpaired) electrons. The minimum Gasteiger partial charge on any atom is -0.294 e. The highest BCUT2D eigenvalue weighted by Crippen LogP contribution is 2.27.